The van der Waals surface area contributed by atoms with E-state index in [1.54, 1.807) is 6.33 Å². The molecule has 1 fully saturated rings. The molecule has 4 aromatic rings. The van der Waals surface area contributed by atoms with Gasteiger partial charge in [-0.15, -0.1) is 0 Å². The first-order valence-corrected chi connectivity index (χ1v) is 9.93. The molecular formula is C23H25N5. The zero-order valence-corrected chi connectivity index (χ0v) is 16.4. The van der Waals surface area contributed by atoms with Gasteiger partial charge in [0.1, 0.15) is 0 Å². The predicted octanol–water partition coefficient (Wildman–Crippen LogP) is 4.56. The summed E-state index contributed by atoms with van der Waals surface area (Å²) >= 11 is 0. The summed E-state index contributed by atoms with van der Waals surface area (Å²) in [7, 11) is 0. The number of nitrogens with one attached hydrogen (secondary N) is 2. The van der Waals surface area contributed by atoms with Crippen LogP contribution in [-0.2, 0) is 6.54 Å². The van der Waals surface area contributed by atoms with Gasteiger partial charge < -0.3 is 9.97 Å². The third kappa shape index (κ3) is 3.02. The summed E-state index contributed by atoms with van der Waals surface area (Å²) in [5.74, 6) is 0.549. The quantitative estimate of drug-likeness (QED) is 0.553. The highest BCUT2D eigenvalue weighted by atomic mass is 15.2. The van der Waals surface area contributed by atoms with Gasteiger partial charge in [-0.2, -0.15) is 0 Å². The summed E-state index contributed by atoms with van der Waals surface area (Å²) in [6, 6.07) is 10.9. The SMILES string of the molecule is Cc1[nH]cnc1CN1CC[C@H](c2ccnc(-c3c[nH]c4c(C)cccc34)c2)C1. The van der Waals surface area contributed by atoms with Crippen molar-refractivity contribution in [3.05, 3.63) is 71.6 Å². The van der Waals surface area contributed by atoms with Crippen molar-refractivity contribution in [2.45, 2.75) is 32.7 Å². The van der Waals surface area contributed by atoms with Gasteiger partial charge in [0.05, 0.1) is 17.7 Å². The molecule has 2 N–H and O–H groups in total. The number of aryl methyl sites for hydroxylation is 2. The number of nitrogens with zero attached hydrogens (tertiary/aromatic N) is 3. The fraction of sp³-hybridized carbons (Fsp3) is 0.304. The highest BCUT2D eigenvalue weighted by molar-refractivity contribution is 5.96. The Morgan fingerprint density at radius 1 is 1.14 bits per heavy atom. The minimum atomic E-state index is 0.549. The molecule has 0 amide bonds. The summed E-state index contributed by atoms with van der Waals surface area (Å²) in [6.45, 7) is 7.34. The standard InChI is InChI=1S/C23H25N5/c1-15-4-3-5-19-20(11-25-23(15)19)21-10-17(6-8-24-21)18-7-9-28(12-18)13-22-16(2)26-14-27-22/h3-6,8,10-11,14,18,25H,7,9,12-13H2,1-2H3,(H,26,27)/t18-/m0/s1. The van der Waals surface area contributed by atoms with E-state index in [1.165, 1.54) is 39.7 Å². The van der Waals surface area contributed by atoms with Crippen molar-refractivity contribution in [1.82, 2.24) is 24.8 Å². The monoisotopic (exact) mass is 371 g/mol. The zero-order chi connectivity index (χ0) is 19.1. The molecule has 0 aliphatic carbocycles. The van der Waals surface area contributed by atoms with E-state index in [-0.39, 0.29) is 0 Å². The molecule has 5 nitrogen and oxygen atoms in total. The van der Waals surface area contributed by atoms with Crippen molar-refractivity contribution in [2.75, 3.05) is 13.1 Å². The minimum Gasteiger partial charge on any atom is -0.360 e. The van der Waals surface area contributed by atoms with E-state index in [4.69, 9.17) is 0 Å². The second kappa shape index (κ2) is 6.91. The van der Waals surface area contributed by atoms with Crippen molar-refractivity contribution in [2.24, 2.45) is 0 Å². The van der Waals surface area contributed by atoms with Gasteiger partial charge in [0.25, 0.3) is 0 Å². The lowest BCUT2D eigenvalue weighted by atomic mass is 9.97. The Balaban J connectivity index is 1.39. The smallest absolute Gasteiger partial charge is 0.0925 e. The predicted molar refractivity (Wildman–Crippen MR) is 112 cm³/mol. The number of rotatable bonds is 4. The lowest BCUT2D eigenvalue weighted by Crippen LogP contribution is -2.20. The number of H-pyrrole nitrogens is 2. The summed E-state index contributed by atoms with van der Waals surface area (Å²) < 4.78 is 0. The number of imidazole rings is 1. The minimum absolute atomic E-state index is 0.549. The number of hydrogen-bond acceptors (Lipinski definition) is 3. The van der Waals surface area contributed by atoms with Gasteiger partial charge >= 0.3 is 0 Å². The number of fused-ring (bicyclic) bond motifs is 1. The Morgan fingerprint density at radius 2 is 2.07 bits per heavy atom. The van der Waals surface area contributed by atoms with E-state index in [2.05, 4.69) is 75.2 Å². The first-order valence-electron chi connectivity index (χ1n) is 9.93. The lowest BCUT2D eigenvalue weighted by molar-refractivity contribution is 0.322. The average molecular weight is 371 g/mol. The first kappa shape index (κ1) is 17.2. The maximum Gasteiger partial charge on any atom is 0.0925 e. The maximum absolute atomic E-state index is 4.68. The van der Waals surface area contributed by atoms with Gasteiger partial charge in [-0.1, -0.05) is 18.2 Å². The Labute approximate surface area is 164 Å². The number of hydrogen-bond donors (Lipinski definition) is 2. The van der Waals surface area contributed by atoms with Crippen molar-refractivity contribution < 1.29 is 0 Å². The molecule has 1 aliphatic heterocycles. The van der Waals surface area contributed by atoms with E-state index in [9.17, 15) is 0 Å². The molecule has 0 spiro atoms. The zero-order valence-electron chi connectivity index (χ0n) is 16.4. The molecule has 5 rings (SSSR count). The van der Waals surface area contributed by atoms with Gasteiger partial charge in [0.2, 0.25) is 0 Å². The first-order chi connectivity index (χ1) is 13.7. The highest BCUT2D eigenvalue weighted by Crippen LogP contribution is 2.33. The van der Waals surface area contributed by atoms with E-state index >= 15 is 0 Å². The molecule has 1 saturated heterocycles. The number of aromatic nitrogens is 4. The topological polar surface area (TPSA) is 60.6 Å². The largest absolute Gasteiger partial charge is 0.360 e. The van der Waals surface area contributed by atoms with E-state index in [0.717, 1.165) is 31.0 Å². The Morgan fingerprint density at radius 3 is 2.93 bits per heavy atom. The van der Waals surface area contributed by atoms with Crippen molar-refractivity contribution >= 4 is 10.9 Å². The van der Waals surface area contributed by atoms with Gasteiger partial charge in [-0.3, -0.25) is 9.88 Å². The molecule has 0 unspecified atom stereocenters. The van der Waals surface area contributed by atoms with Crippen LogP contribution in [0.1, 0.15) is 34.9 Å². The second-order valence-electron chi connectivity index (χ2n) is 7.87. The molecule has 0 saturated carbocycles. The van der Waals surface area contributed by atoms with Gasteiger partial charge in [-0.25, -0.2) is 4.98 Å². The molecule has 5 heteroatoms. The summed E-state index contributed by atoms with van der Waals surface area (Å²) in [5, 5.41) is 1.24. The fourth-order valence-corrected chi connectivity index (χ4v) is 4.37. The van der Waals surface area contributed by atoms with Crippen LogP contribution in [0.15, 0.2) is 49.1 Å². The van der Waals surface area contributed by atoms with Gasteiger partial charge in [0.15, 0.2) is 0 Å². The normalized spacial score (nSPS) is 17.6. The maximum atomic E-state index is 4.68. The third-order valence-corrected chi connectivity index (χ3v) is 6.04. The summed E-state index contributed by atoms with van der Waals surface area (Å²) in [5.41, 5.74) is 8.41. The summed E-state index contributed by atoms with van der Waals surface area (Å²) in [6.07, 6.45) is 7.01. The average Bonchev–Trinajstić information content (AvgIpc) is 3.43. The van der Waals surface area contributed by atoms with E-state index in [0.29, 0.717) is 5.92 Å². The Hall–Kier alpha value is -2.92. The number of likely N-dealkylation sites (tertiary alicyclic amines) is 1. The van der Waals surface area contributed by atoms with Crippen LogP contribution >= 0.6 is 0 Å². The fourth-order valence-electron chi connectivity index (χ4n) is 4.37. The molecular weight excluding hydrogens is 346 g/mol. The van der Waals surface area contributed by atoms with Crippen molar-refractivity contribution in [3.8, 4) is 11.3 Å². The van der Waals surface area contributed by atoms with E-state index in [1.807, 2.05) is 6.20 Å². The van der Waals surface area contributed by atoms with Crippen molar-refractivity contribution in [3.63, 3.8) is 0 Å². The van der Waals surface area contributed by atoms with Crippen LogP contribution in [0.25, 0.3) is 22.2 Å². The third-order valence-electron chi connectivity index (χ3n) is 6.04. The highest BCUT2D eigenvalue weighted by Gasteiger charge is 2.25. The van der Waals surface area contributed by atoms with Crippen LogP contribution < -0.4 is 0 Å². The molecule has 142 valence electrons. The molecule has 0 bridgehead atoms. The Bertz CT molecular complexity index is 1120. The molecule has 1 aliphatic rings. The molecule has 28 heavy (non-hydrogen) atoms. The van der Waals surface area contributed by atoms with Crippen LogP contribution in [0, 0.1) is 13.8 Å². The van der Waals surface area contributed by atoms with Gasteiger partial charge in [-0.05, 0) is 56.0 Å². The number of aromatic amines is 2. The Kier molecular flexibility index (Phi) is 4.24. The number of benzene rings is 1. The number of para-hydroxylation sites is 1. The molecule has 4 heterocycles. The van der Waals surface area contributed by atoms with Crippen LogP contribution in [0.4, 0.5) is 0 Å². The molecule has 0 radical (unpaired) electrons. The number of pyridine rings is 1. The summed E-state index contributed by atoms with van der Waals surface area (Å²) in [4.78, 5) is 18.2. The molecule has 3 aromatic heterocycles. The second-order valence-corrected chi connectivity index (χ2v) is 7.87. The molecule has 1 atom stereocenters. The molecule has 1 aromatic carbocycles. The van der Waals surface area contributed by atoms with Crippen LogP contribution in [0.3, 0.4) is 0 Å². The lowest BCUT2D eigenvalue weighted by Gasteiger charge is -2.15. The van der Waals surface area contributed by atoms with Crippen molar-refractivity contribution in [1.29, 1.82) is 0 Å². The van der Waals surface area contributed by atoms with Crippen LogP contribution in [0.2, 0.25) is 0 Å². The van der Waals surface area contributed by atoms with Crippen LogP contribution in [-0.4, -0.2) is 37.9 Å². The van der Waals surface area contributed by atoms with Crippen LogP contribution in [0.5, 0.6) is 0 Å². The van der Waals surface area contributed by atoms with E-state index < -0.39 is 0 Å². The van der Waals surface area contributed by atoms with Gasteiger partial charge in [0, 0.05) is 47.6 Å².